The number of hydrogen-bond donors (Lipinski definition) is 1. The number of carbonyl (C=O) groups is 1. The van der Waals surface area contributed by atoms with Crippen molar-refractivity contribution in [1.29, 1.82) is 0 Å². The van der Waals surface area contributed by atoms with Crippen LogP contribution in [0.2, 0.25) is 0 Å². The lowest BCUT2D eigenvalue weighted by Crippen LogP contribution is -2.46. The lowest BCUT2D eigenvalue weighted by Gasteiger charge is -2.32. The second-order valence-electron chi connectivity index (χ2n) is 7.71. The monoisotopic (exact) mass is 430 g/mol. The molecule has 0 spiro atoms. The molecule has 1 amide bonds. The molecule has 0 radical (unpaired) electrons. The Kier molecular flexibility index (Phi) is 7.15. The van der Waals surface area contributed by atoms with E-state index in [1.165, 1.54) is 4.31 Å². The van der Waals surface area contributed by atoms with Crippen LogP contribution in [-0.4, -0.2) is 38.8 Å². The van der Waals surface area contributed by atoms with E-state index >= 15 is 0 Å². The van der Waals surface area contributed by atoms with Gasteiger partial charge in [0.25, 0.3) is 0 Å². The molecule has 0 bridgehead atoms. The third-order valence-electron chi connectivity index (χ3n) is 5.68. The second kappa shape index (κ2) is 9.62. The number of nitrogens with one attached hydrogen (secondary N) is 1. The molecule has 2 atom stereocenters. The minimum Gasteiger partial charge on any atom is -0.496 e. The number of nitrogens with zero attached hydrogens (tertiary/aromatic N) is 1. The number of benzene rings is 2. The molecular weight excluding hydrogens is 400 g/mol. The van der Waals surface area contributed by atoms with Crippen molar-refractivity contribution in [2.75, 3.05) is 20.2 Å². The fourth-order valence-electron chi connectivity index (χ4n) is 3.95. The summed E-state index contributed by atoms with van der Waals surface area (Å²) < 4.78 is 32.6. The van der Waals surface area contributed by atoms with Crippen LogP contribution in [0.1, 0.15) is 43.4 Å². The fraction of sp³-hybridized carbons (Fsp3) is 0.435. The van der Waals surface area contributed by atoms with E-state index in [0.717, 1.165) is 23.3 Å². The standard InChI is InChI=1S/C23H30N2O4S/c1-4-21(18-12-13-22(29-3)17(2)15-18)24-23(26)19-9-8-14-25(16-19)30(27,28)20-10-6-5-7-11-20/h5-7,10-13,15,19,21H,4,8-9,14,16H2,1-3H3,(H,24,26)/t19-,21+/m1/s1. The number of methoxy groups -OCH3 is 1. The molecule has 2 aromatic carbocycles. The van der Waals surface area contributed by atoms with E-state index < -0.39 is 10.0 Å². The molecule has 1 heterocycles. The van der Waals surface area contributed by atoms with Crippen molar-refractivity contribution >= 4 is 15.9 Å². The van der Waals surface area contributed by atoms with Gasteiger partial charge in [-0.05, 0) is 55.5 Å². The van der Waals surface area contributed by atoms with Crippen LogP contribution in [0.3, 0.4) is 0 Å². The number of sulfonamides is 1. The smallest absolute Gasteiger partial charge is 0.243 e. The van der Waals surface area contributed by atoms with E-state index in [1.54, 1.807) is 37.4 Å². The number of amides is 1. The van der Waals surface area contributed by atoms with Crippen molar-refractivity contribution in [1.82, 2.24) is 9.62 Å². The number of carbonyl (C=O) groups excluding carboxylic acids is 1. The molecule has 0 aliphatic carbocycles. The van der Waals surface area contributed by atoms with Crippen LogP contribution in [0.4, 0.5) is 0 Å². The highest BCUT2D eigenvalue weighted by Gasteiger charge is 2.33. The molecule has 1 N–H and O–H groups in total. The predicted molar refractivity (Wildman–Crippen MR) is 117 cm³/mol. The summed E-state index contributed by atoms with van der Waals surface area (Å²) in [5.41, 5.74) is 2.04. The molecule has 0 unspecified atom stereocenters. The van der Waals surface area contributed by atoms with Crippen molar-refractivity contribution < 1.29 is 17.9 Å². The van der Waals surface area contributed by atoms with Crippen LogP contribution in [-0.2, 0) is 14.8 Å². The van der Waals surface area contributed by atoms with E-state index in [1.807, 2.05) is 32.0 Å². The maximum absolute atomic E-state index is 13.0. The Morgan fingerprint density at radius 1 is 1.23 bits per heavy atom. The zero-order valence-corrected chi connectivity index (χ0v) is 18.6. The first kappa shape index (κ1) is 22.3. The number of piperidine rings is 1. The summed E-state index contributed by atoms with van der Waals surface area (Å²) in [5.74, 6) is 0.364. The minimum atomic E-state index is -3.59. The van der Waals surface area contributed by atoms with Crippen LogP contribution < -0.4 is 10.1 Å². The first-order chi connectivity index (χ1) is 14.4. The van der Waals surface area contributed by atoms with Crippen molar-refractivity contribution in [2.45, 2.75) is 44.0 Å². The molecule has 7 heteroatoms. The van der Waals surface area contributed by atoms with Crippen LogP contribution in [0.5, 0.6) is 5.75 Å². The number of hydrogen-bond acceptors (Lipinski definition) is 4. The Morgan fingerprint density at radius 3 is 2.60 bits per heavy atom. The molecule has 1 fully saturated rings. The van der Waals surface area contributed by atoms with Gasteiger partial charge in [0.15, 0.2) is 0 Å². The highest BCUT2D eigenvalue weighted by atomic mass is 32.2. The number of ether oxygens (including phenoxy) is 1. The quantitative estimate of drug-likeness (QED) is 0.727. The summed E-state index contributed by atoms with van der Waals surface area (Å²) in [5, 5.41) is 3.13. The molecule has 6 nitrogen and oxygen atoms in total. The van der Waals surface area contributed by atoms with Gasteiger partial charge in [0.05, 0.1) is 24.0 Å². The van der Waals surface area contributed by atoms with Crippen molar-refractivity contribution in [3.63, 3.8) is 0 Å². The van der Waals surface area contributed by atoms with Gasteiger partial charge in [0.1, 0.15) is 5.75 Å². The summed E-state index contributed by atoms with van der Waals surface area (Å²) in [4.78, 5) is 13.3. The lowest BCUT2D eigenvalue weighted by molar-refractivity contribution is -0.126. The Morgan fingerprint density at radius 2 is 1.97 bits per heavy atom. The Labute approximate surface area is 179 Å². The second-order valence-corrected chi connectivity index (χ2v) is 9.65. The Balaban J connectivity index is 1.71. The third-order valence-corrected chi connectivity index (χ3v) is 7.56. The first-order valence-electron chi connectivity index (χ1n) is 10.4. The normalized spacial score (nSPS) is 18.6. The van der Waals surface area contributed by atoms with Crippen molar-refractivity contribution in [3.8, 4) is 5.75 Å². The van der Waals surface area contributed by atoms with Gasteiger partial charge < -0.3 is 10.1 Å². The Hall–Kier alpha value is -2.38. The van der Waals surface area contributed by atoms with Gasteiger partial charge in [0.2, 0.25) is 15.9 Å². The Bertz CT molecular complexity index is 976. The maximum atomic E-state index is 13.0. The fourth-order valence-corrected chi connectivity index (χ4v) is 5.49. The highest BCUT2D eigenvalue weighted by molar-refractivity contribution is 7.89. The van der Waals surface area contributed by atoms with E-state index in [9.17, 15) is 13.2 Å². The summed E-state index contributed by atoms with van der Waals surface area (Å²) in [7, 11) is -1.95. The van der Waals surface area contributed by atoms with Crippen LogP contribution >= 0.6 is 0 Å². The predicted octanol–water partition coefficient (Wildman–Crippen LogP) is 3.67. The molecule has 1 saturated heterocycles. The largest absolute Gasteiger partial charge is 0.496 e. The summed E-state index contributed by atoms with van der Waals surface area (Å²) in [6, 6.07) is 14.2. The van der Waals surface area contributed by atoms with Gasteiger partial charge in [-0.15, -0.1) is 0 Å². The molecule has 1 aliphatic heterocycles. The van der Waals surface area contributed by atoms with E-state index in [2.05, 4.69) is 5.32 Å². The highest BCUT2D eigenvalue weighted by Crippen LogP contribution is 2.27. The molecule has 3 rings (SSSR count). The lowest BCUT2D eigenvalue weighted by atomic mass is 9.96. The van der Waals surface area contributed by atoms with Crippen molar-refractivity contribution in [3.05, 3.63) is 59.7 Å². The zero-order valence-electron chi connectivity index (χ0n) is 17.8. The van der Waals surface area contributed by atoms with E-state index in [4.69, 9.17) is 4.74 Å². The molecule has 0 saturated carbocycles. The van der Waals surface area contributed by atoms with Gasteiger partial charge in [-0.25, -0.2) is 8.42 Å². The van der Waals surface area contributed by atoms with Gasteiger partial charge in [-0.2, -0.15) is 4.31 Å². The van der Waals surface area contributed by atoms with Crippen LogP contribution in [0.25, 0.3) is 0 Å². The molecule has 1 aliphatic rings. The van der Waals surface area contributed by atoms with E-state index in [-0.39, 0.29) is 29.3 Å². The van der Waals surface area contributed by atoms with Crippen molar-refractivity contribution in [2.24, 2.45) is 5.92 Å². The summed E-state index contributed by atoms with van der Waals surface area (Å²) in [6.45, 7) is 4.65. The molecule has 162 valence electrons. The van der Waals surface area contributed by atoms with Crippen LogP contribution in [0.15, 0.2) is 53.4 Å². The SMILES string of the molecule is CC[C@H](NC(=O)[C@@H]1CCCN(S(=O)(=O)c2ccccc2)C1)c1ccc(OC)c(C)c1. The van der Waals surface area contributed by atoms with Gasteiger partial charge in [-0.1, -0.05) is 37.3 Å². The number of aryl methyl sites for hydroxylation is 1. The number of rotatable bonds is 7. The zero-order chi connectivity index (χ0) is 21.7. The minimum absolute atomic E-state index is 0.0942. The first-order valence-corrected chi connectivity index (χ1v) is 11.8. The molecule has 2 aromatic rings. The van der Waals surface area contributed by atoms with E-state index in [0.29, 0.717) is 19.4 Å². The average molecular weight is 431 g/mol. The summed E-state index contributed by atoms with van der Waals surface area (Å²) >= 11 is 0. The van der Waals surface area contributed by atoms with Gasteiger partial charge >= 0.3 is 0 Å². The molecule has 0 aromatic heterocycles. The third kappa shape index (κ3) is 4.84. The maximum Gasteiger partial charge on any atom is 0.243 e. The van der Waals surface area contributed by atoms with Gasteiger partial charge in [-0.3, -0.25) is 4.79 Å². The summed E-state index contributed by atoms with van der Waals surface area (Å²) in [6.07, 6.45) is 2.10. The average Bonchev–Trinajstić information content (AvgIpc) is 2.78. The molecular formula is C23H30N2O4S. The van der Waals surface area contributed by atoms with Gasteiger partial charge in [0, 0.05) is 13.1 Å². The van der Waals surface area contributed by atoms with Crippen LogP contribution in [0, 0.1) is 12.8 Å². The molecule has 30 heavy (non-hydrogen) atoms. The topological polar surface area (TPSA) is 75.7 Å².